The Hall–Kier alpha value is -2.37. The molecule has 2 amide bonds. The van der Waals surface area contributed by atoms with Gasteiger partial charge in [-0.1, -0.05) is 54.1 Å². The zero-order valence-electron chi connectivity index (χ0n) is 15.0. The van der Waals surface area contributed by atoms with Gasteiger partial charge in [-0.05, 0) is 24.1 Å². The minimum Gasteiger partial charge on any atom is -0.396 e. The van der Waals surface area contributed by atoms with Crippen LogP contribution >= 0.6 is 11.6 Å². The van der Waals surface area contributed by atoms with Gasteiger partial charge in [-0.15, -0.1) is 0 Å². The average Bonchev–Trinajstić information content (AvgIpc) is 3.18. The highest BCUT2D eigenvalue weighted by Crippen LogP contribution is 2.23. The molecule has 2 N–H and O–H groups in total. The van der Waals surface area contributed by atoms with Crippen LogP contribution in [0.2, 0.25) is 5.02 Å². The van der Waals surface area contributed by atoms with Crippen molar-refractivity contribution in [3.05, 3.63) is 70.7 Å². The highest BCUT2D eigenvalue weighted by molar-refractivity contribution is 6.33. The molecule has 0 bridgehead atoms. The Balaban J connectivity index is 1.75. The predicted octanol–water partition coefficient (Wildman–Crippen LogP) is 3.04. The summed E-state index contributed by atoms with van der Waals surface area (Å²) in [7, 11) is 0. The number of hydrogen-bond acceptors (Lipinski definition) is 3. The van der Waals surface area contributed by atoms with Crippen molar-refractivity contribution in [3.8, 4) is 0 Å². The molecule has 0 saturated carbocycles. The Morgan fingerprint density at radius 2 is 1.85 bits per heavy atom. The molecule has 1 saturated heterocycles. The smallest absolute Gasteiger partial charge is 0.253 e. The van der Waals surface area contributed by atoms with Crippen LogP contribution in [0, 0.1) is 5.92 Å². The molecule has 5 nitrogen and oxygen atoms in total. The summed E-state index contributed by atoms with van der Waals surface area (Å²) in [5.74, 6) is -0.196. The second-order valence-corrected chi connectivity index (χ2v) is 7.20. The molecule has 3 rings (SSSR count). The van der Waals surface area contributed by atoms with Crippen LogP contribution in [0.15, 0.2) is 54.6 Å². The zero-order valence-corrected chi connectivity index (χ0v) is 15.7. The van der Waals surface area contributed by atoms with Crippen LogP contribution in [0.5, 0.6) is 0 Å². The Morgan fingerprint density at radius 3 is 2.52 bits per heavy atom. The van der Waals surface area contributed by atoms with E-state index < -0.39 is 6.04 Å². The van der Waals surface area contributed by atoms with Crippen LogP contribution in [-0.4, -0.2) is 41.5 Å². The lowest BCUT2D eigenvalue weighted by atomic mass is 10.0. The van der Waals surface area contributed by atoms with E-state index in [9.17, 15) is 14.7 Å². The average molecular weight is 387 g/mol. The molecule has 27 heavy (non-hydrogen) atoms. The molecule has 0 aliphatic carbocycles. The second-order valence-electron chi connectivity index (χ2n) is 6.80. The standard InChI is InChI=1S/C21H23ClN2O3/c22-18-9-5-4-8-17(18)21(27)23-19(16-6-2-1-3-7-16)12-20(26)24-11-10-15(13-24)14-25/h1-9,15,19,25H,10-14H2,(H,23,27). The summed E-state index contributed by atoms with van der Waals surface area (Å²) in [4.78, 5) is 27.2. The number of rotatable bonds is 6. The van der Waals surface area contributed by atoms with Crippen LogP contribution in [0.4, 0.5) is 0 Å². The summed E-state index contributed by atoms with van der Waals surface area (Å²) in [5.41, 5.74) is 1.25. The van der Waals surface area contributed by atoms with Gasteiger partial charge in [0.25, 0.3) is 5.91 Å². The molecular weight excluding hydrogens is 364 g/mol. The number of aliphatic hydroxyl groups excluding tert-OH is 1. The summed E-state index contributed by atoms with van der Waals surface area (Å²) in [6.07, 6.45) is 0.975. The Labute approximate surface area is 163 Å². The van der Waals surface area contributed by atoms with E-state index in [0.717, 1.165) is 12.0 Å². The number of likely N-dealkylation sites (tertiary alicyclic amines) is 1. The molecule has 0 aromatic heterocycles. The van der Waals surface area contributed by atoms with Crippen LogP contribution in [0.1, 0.15) is 34.8 Å². The third-order valence-corrected chi connectivity index (χ3v) is 5.23. The van der Waals surface area contributed by atoms with Gasteiger partial charge in [0, 0.05) is 25.6 Å². The summed E-state index contributed by atoms with van der Waals surface area (Å²) in [6, 6.07) is 15.8. The molecule has 1 heterocycles. The number of hydrogen-bond donors (Lipinski definition) is 2. The summed E-state index contributed by atoms with van der Waals surface area (Å²) >= 11 is 6.13. The summed E-state index contributed by atoms with van der Waals surface area (Å²) < 4.78 is 0. The lowest BCUT2D eigenvalue weighted by Gasteiger charge is -2.23. The Morgan fingerprint density at radius 1 is 1.15 bits per heavy atom. The van der Waals surface area contributed by atoms with Crippen LogP contribution in [0.25, 0.3) is 0 Å². The van der Waals surface area contributed by atoms with Crippen molar-refractivity contribution in [1.82, 2.24) is 10.2 Å². The molecule has 142 valence electrons. The van der Waals surface area contributed by atoms with Gasteiger partial charge in [0.05, 0.1) is 23.0 Å². The first kappa shape index (κ1) is 19.4. The van der Waals surface area contributed by atoms with E-state index in [-0.39, 0.29) is 30.8 Å². The number of halogens is 1. The van der Waals surface area contributed by atoms with E-state index in [4.69, 9.17) is 11.6 Å². The third-order valence-electron chi connectivity index (χ3n) is 4.90. The maximum Gasteiger partial charge on any atom is 0.253 e. The first-order valence-corrected chi connectivity index (χ1v) is 9.45. The molecule has 1 aliphatic heterocycles. The minimum atomic E-state index is -0.448. The van der Waals surface area contributed by atoms with E-state index in [0.29, 0.717) is 23.7 Å². The van der Waals surface area contributed by atoms with E-state index >= 15 is 0 Å². The number of aliphatic hydroxyl groups is 1. The van der Waals surface area contributed by atoms with E-state index in [1.165, 1.54) is 0 Å². The van der Waals surface area contributed by atoms with Crippen molar-refractivity contribution in [3.63, 3.8) is 0 Å². The van der Waals surface area contributed by atoms with Gasteiger partial charge in [-0.3, -0.25) is 9.59 Å². The monoisotopic (exact) mass is 386 g/mol. The summed E-state index contributed by atoms with van der Waals surface area (Å²) in [6.45, 7) is 1.30. The van der Waals surface area contributed by atoms with Crippen LogP contribution < -0.4 is 5.32 Å². The number of carbonyl (C=O) groups is 2. The topological polar surface area (TPSA) is 69.6 Å². The minimum absolute atomic E-state index is 0.0285. The van der Waals surface area contributed by atoms with Gasteiger partial charge in [0.2, 0.25) is 5.91 Å². The fourth-order valence-electron chi connectivity index (χ4n) is 3.33. The number of nitrogens with one attached hydrogen (secondary N) is 1. The predicted molar refractivity (Wildman–Crippen MR) is 104 cm³/mol. The molecule has 2 aromatic carbocycles. The molecular formula is C21H23ClN2O3. The normalized spacial score (nSPS) is 17.6. The molecule has 1 fully saturated rings. The van der Waals surface area contributed by atoms with Gasteiger partial charge in [0.15, 0.2) is 0 Å². The fourth-order valence-corrected chi connectivity index (χ4v) is 3.55. The second kappa shape index (κ2) is 9.02. The largest absolute Gasteiger partial charge is 0.396 e. The van der Waals surface area contributed by atoms with Crippen molar-refractivity contribution in [2.24, 2.45) is 5.92 Å². The van der Waals surface area contributed by atoms with Gasteiger partial charge < -0.3 is 15.3 Å². The maximum absolute atomic E-state index is 12.7. The van der Waals surface area contributed by atoms with Crippen LogP contribution in [-0.2, 0) is 4.79 Å². The maximum atomic E-state index is 12.7. The van der Waals surface area contributed by atoms with Crippen molar-refractivity contribution < 1.29 is 14.7 Å². The van der Waals surface area contributed by atoms with E-state index in [2.05, 4.69) is 5.32 Å². The van der Waals surface area contributed by atoms with E-state index in [1.54, 1.807) is 29.2 Å². The lowest BCUT2D eigenvalue weighted by molar-refractivity contribution is -0.130. The SMILES string of the molecule is O=C(NC(CC(=O)N1CCC(CO)C1)c1ccccc1)c1ccccc1Cl. The highest BCUT2D eigenvalue weighted by atomic mass is 35.5. The van der Waals surface area contributed by atoms with Crippen molar-refractivity contribution in [2.45, 2.75) is 18.9 Å². The van der Waals surface area contributed by atoms with Crippen molar-refractivity contribution in [1.29, 1.82) is 0 Å². The molecule has 2 aromatic rings. The molecule has 0 spiro atoms. The molecule has 6 heteroatoms. The van der Waals surface area contributed by atoms with Gasteiger partial charge in [0.1, 0.15) is 0 Å². The Kier molecular flexibility index (Phi) is 6.48. The fraction of sp³-hybridized carbons (Fsp3) is 0.333. The van der Waals surface area contributed by atoms with Crippen molar-refractivity contribution in [2.75, 3.05) is 19.7 Å². The zero-order chi connectivity index (χ0) is 19.2. The van der Waals surface area contributed by atoms with E-state index in [1.807, 2.05) is 30.3 Å². The first-order chi connectivity index (χ1) is 13.1. The van der Waals surface area contributed by atoms with Crippen LogP contribution in [0.3, 0.4) is 0 Å². The van der Waals surface area contributed by atoms with Gasteiger partial charge in [-0.2, -0.15) is 0 Å². The number of benzene rings is 2. The molecule has 2 unspecified atom stereocenters. The van der Waals surface area contributed by atoms with Crippen molar-refractivity contribution >= 4 is 23.4 Å². The quantitative estimate of drug-likeness (QED) is 0.801. The van der Waals surface area contributed by atoms with Gasteiger partial charge >= 0.3 is 0 Å². The highest BCUT2D eigenvalue weighted by Gasteiger charge is 2.28. The molecule has 2 atom stereocenters. The van der Waals surface area contributed by atoms with Gasteiger partial charge in [-0.25, -0.2) is 0 Å². The third kappa shape index (κ3) is 4.87. The first-order valence-electron chi connectivity index (χ1n) is 9.07. The number of amides is 2. The number of nitrogens with zero attached hydrogens (tertiary/aromatic N) is 1. The number of carbonyl (C=O) groups excluding carboxylic acids is 2. The molecule has 1 aliphatic rings. The summed E-state index contributed by atoms with van der Waals surface area (Å²) in [5, 5.41) is 12.6. The lowest BCUT2D eigenvalue weighted by Crippen LogP contribution is -2.35. The Bertz CT molecular complexity index is 797. The molecule has 0 radical (unpaired) electrons.